The maximum Gasteiger partial charge on any atom is 0.319 e. The third-order valence-electron chi connectivity index (χ3n) is 2.69. The minimum absolute atomic E-state index is 0.143. The van der Waals surface area contributed by atoms with Gasteiger partial charge in [-0.15, -0.1) is 0 Å². The van der Waals surface area contributed by atoms with E-state index in [0.717, 1.165) is 10.0 Å². The zero-order valence-corrected chi connectivity index (χ0v) is 12.5. The van der Waals surface area contributed by atoms with E-state index in [-0.39, 0.29) is 11.4 Å². The van der Waals surface area contributed by atoms with Gasteiger partial charge in [0, 0.05) is 17.1 Å². The SMILES string of the molecule is O=C(NCc1cccc(Br)c1)Nc1ccccc1[N+](=O)[O-]. The molecule has 0 spiro atoms. The van der Waals surface area contributed by atoms with Gasteiger partial charge in [-0.25, -0.2) is 4.79 Å². The standard InChI is InChI=1S/C14H12BrN3O3/c15-11-5-3-4-10(8-11)9-16-14(19)17-12-6-1-2-7-13(12)18(20)21/h1-8H,9H2,(H2,16,17,19). The second-order valence-electron chi connectivity index (χ2n) is 4.21. The van der Waals surface area contributed by atoms with E-state index in [4.69, 9.17) is 0 Å². The molecule has 0 bridgehead atoms. The van der Waals surface area contributed by atoms with Gasteiger partial charge in [-0.3, -0.25) is 10.1 Å². The number of carbonyl (C=O) groups is 1. The van der Waals surface area contributed by atoms with Crippen LogP contribution in [0.1, 0.15) is 5.56 Å². The summed E-state index contributed by atoms with van der Waals surface area (Å²) in [5, 5.41) is 16.0. The number of nitrogens with one attached hydrogen (secondary N) is 2. The van der Waals surface area contributed by atoms with Crippen LogP contribution in [0, 0.1) is 10.1 Å². The van der Waals surface area contributed by atoms with Crippen LogP contribution in [-0.4, -0.2) is 11.0 Å². The molecule has 7 heteroatoms. The van der Waals surface area contributed by atoms with Gasteiger partial charge in [-0.1, -0.05) is 40.2 Å². The summed E-state index contributed by atoms with van der Waals surface area (Å²) in [7, 11) is 0. The lowest BCUT2D eigenvalue weighted by atomic mass is 10.2. The molecule has 2 aromatic carbocycles. The molecule has 0 aromatic heterocycles. The van der Waals surface area contributed by atoms with Gasteiger partial charge in [0.1, 0.15) is 5.69 Å². The highest BCUT2D eigenvalue weighted by atomic mass is 79.9. The Morgan fingerprint density at radius 2 is 1.95 bits per heavy atom. The molecule has 0 atom stereocenters. The Kier molecular flexibility index (Phi) is 4.89. The second kappa shape index (κ2) is 6.85. The van der Waals surface area contributed by atoms with Crippen molar-refractivity contribution in [3.63, 3.8) is 0 Å². The van der Waals surface area contributed by atoms with Crippen molar-refractivity contribution in [3.8, 4) is 0 Å². The van der Waals surface area contributed by atoms with Gasteiger partial charge in [-0.05, 0) is 23.8 Å². The zero-order chi connectivity index (χ0) is 15.2. The molecule has 2 N–H and O–H groups in total. The molecule has 0 heterocycles. The molecule has 0 unspecified atom stereocenters. The summed E-state index contributed by atoms with van der Waals surface area (Å²) in [5.74, 6) is 0. The van der Waals surface area contributed by atoms with E-state index in [1.807, 2.05) is 24.3 Å². The van der Waals surface area contributed by atoms with Gasteiger partial charge in [0.2, 0.25) is 0 Å². The van der Waals surface area contributed by atoms with Crippen LogP contribution in [0.2, 0.25) is 0 Å². The van der Waals surface area contributed by atoms with Crippen molar-refractivity contribution in [3.05, 3.63) is 68.7 Å². The lowest BCUT2D eigenvalue weighted by Gasteiger charge is -2.08. The smallest absolute Gasteiger partial charge is 0.319 e. The van der Waals surface area contributed by atoms with Gasteiger partial charge in [-0.2, -0.15) is 0 Å². The van der Waals surface area contributed by atoms with Gasteiger partial charge < -0.3 is 10.6 Å². The number of hydrogen-bond acceptors (Lipinski definition) is 3. The Morgan fingerprint density at radius 1 is 1.19 bits per heavy atom. The van der Waals surface area contributed by atoms with Crippen LogP contribution in [0.15, 0.2) is 53.0 Å². The molecule has 0 saturated carbocycles. The monoisotopic (exact) mass is 349 g/mol. The number of nitro groups is 1. The fourth-order valence-electron chi connectivity index (χ4n) is 1.73. The molecule has 21 heavy (non-hydrogen) atoms. The van der Waals surface area contributed by atoms with Crippen LogP contribution in [0.25, 0.3) is 0 Å². The molecule has 0 aliphatic heterocycles. The number of nitrogens with zero attached hydrogens (tertiary/aromatic N) is 1. The fraction of sp³-hybridized carbons (Fsp3) is 0.0714. The van der Waals surface area contributed by atoms with Crippen LogP contribution in [0.5, 0.6) is 0 Å². The normalized spacial score (nSPS) is 9.95. The predicted octanol–water partition coefficient (Wildman–Crippen LogP) is 3.68. The number of amides is 2. The van der Waals surface area contributed by atoms with Gasteiger partial charge >= 0.3 is 6.03 Å². The number of anilines is 1. The maximum absolute atomic E-state index is 11.8. The Labute approximate surface area is 129 Å². The quantitative estimate of drug-likeness (QED) is 0.652. The molecule has 0 radical (unpaired) electrons. The van der Waals surface area contributed by atoms with Gasteiger partial charge in [0.05, 0.1) is 4.92 Å². The first-order valence-corrected chi connectivity index (χ1v) is 6.88. The summed E-state index contributed by atoms with van der Waals surface area (Å²) in [5.41, 5.74) is 0.937. The van der Waals surface area contributed by atoms with Crippen LogP contribution in [0.4, 0.5) is 16.2 Å². The molecule has 6 nitrogen and oxygen atoms in total. The predicted molar refractivity (Wildman–Crippen MR) is 83.1 cm³/mol. The fourth-order valence-corrected chi connectivity index (χ4v) is 2.18. The van der Waals surface area contributed by atoms with E-state index >= 15 is 0 Å². The first-order valence-electron chi connectivity index (χ1n) is 6.09. The highest BCUT2D eigenvalue weighted by Gasteiger charge is 2.14. The Morgan fingerprint density at radius 3 is 2.67 bits per heavy atom. The number of carbonyl (C=O) groups excluding carboxylic acids is 1. The molecule has 108 valence electrons. The minimum atomic E-state index is -0.538. The average molecular weight is 350 g/mol. The Bertz CT molecular complexity index is 676. The summed E-state index contributed by atoms with van der Waals surface area (Å²) >= 11 is 3.35. The number of para-hydroxylation sites is 2. The summed E-state index contributed by atoms with van der Waals surface area (Å²) in [6.45, 7) is 0.325. The van der Waals surface area contributed by atoms with Crippen molar-refractivity contribution >= 4 is 33.3 Å². The molecule has 2 amide bonds. The molecule has 0 aliphatic rings. The van der Waals surface area contributed by atoms with Crippen molar-refractivity contribution in [1.82, 2.24) is 5.32 Å². The lowest BCUT2D eigenvalue weighted by molar-refractivity contribution is -0.383. The number of nitro benzene ring substituents is 1. The summed E-state index contributed by atoms with van der Waals surface area (Å²) in [6, 6.07) is 13.0. The van der Waals surface area contributed by atoms with Crippen molar-refractivity contribution < 1.29 is 9.72 Å². The van der Waals surface area contributed by atoms with Crippen molar-refractivity contribution in [2.75, 3.05) is 5.32 Å². The number of rotatable bonds is 4. The topological polar surface area (TPSA) is 84.3 Å². The first-order chi connectivity index (χ1) is 10.1. The molecule has 2 rings (SSSR count). The minimum Gasteiger partial charge on any atom is -0.334 e. The number of halogens is 1. The van der Waals surface area contributed by atoms with Crippen LogP contribution in [-0.2, 0) is 6.54 Å². The molecule has 2 aromatic rings. The first kappa shape index (κ1) is 15.0. The number of urea groups is 1. The zero-order valence-electron chi connectivity index (χ0n) is 10.9. The third-order valence-corrected chi connectivity index (χ3v) is 3.18. The number of hydrogen-bond donors (Lipinski definition) is 2. The Balaban J connectivity index is 1.98. The van der Waals surface area contributed by atoms with Gasteiger partial charge in [0.15, 0.2) is 0 Å². The van der Waals surface area contributed by atoms with E-state index in [0.29, 0.717) is 6.54 Å². The third kappa shape index (κ3) is 4.28. The van der Waals surface area contributed by atoms with Crippen LogP contribution >= 0.6 is 15.9 Å². The van der Waals surface area contributed by atoms with E-state index in [9.17, 15) is 14.9 Å². The summed E-state index contributed by atoms with van der Waals surface area (Å²) < 4.78 is 0.918. The highest BCUT2D eigenvalue weighted by molar-refractivity contribution is 9.10. The van der Waals surface area contributed by atoms with Crippen molar-refractivity contribution in [2.45, 2.75) is 6.54 Å². The largest absolute Gasteiger partial charge is 0.334 e. The molecular weight excluding hydrogens is 338 g/mol. The average Bonchev–Trinajstić information content (AvgIpc) is 2.45. The van der Waals surface area contributed by atoms with Crippen LogP contribution in [0.3, 0.4) is 0 Å². The van der Waals surface area contributed by atoms with E-state index < -0.39 is 11.0 Å². The van der Waals surface area contributed by atoms with E-state index in [1.165, 1.54) is 12.1 Å². The molecular formula is C14H12BrN3O3. The maximum atomic E-state index is 11.8. The van der Waals surface area contributed by atoms with E-state index in [2.05, 4.69) is 26.6 Å². The molecule has 0 saturated heterocycles. The van der Waals surface area contributed by atoms with Crippen molar-refractivity contribution in [1.29, 1.82) is 0 Å². The lowest BCUT2D eigenvalue weighted by Crippen LogP contribution is -2.28. The highest BCUT2D eigenvalue weighted by Crippen LogP contribution is 2.22. The Hall–Kier alpha value is -2.41. The molecule has 0 aliphatic carbocycles. The van der Waals surface area contributed by atoms with E-state index in [1.54, 1.807) is 12.1 Å². The summed E-state index contributed by atoms with van der Waals surface area (Å²) in [4.78, 5) is 22.1. The summed E-state index contributed by atoms with van der Waals surface area (Å²) in [6.07, 6.45) is 0. The van der Waals surface area contributed by atoms with Crippen molar-refractivity contribution in [2.24, 2.45) is 0 Å². The van der Waals surface area contributed by atoms with Gasteiger partial charge in [0.25, 0.3) is 5.69 Å². The van der Waals surface area contributed by atoms with Crippen LogP contribution < -0.4 is 10.6 Å². The second-order valence-corrected chi connectivity index (χ2v) is 5.13. The number of benzene rings is 2. The molecule has 0 fully saturated rings.